The van der Waals surface area contributed by atoms with E-state index in [0.29, 0.717) is 24.5 Å². The number of carbonyl (C=O) groups excluding carboxylic acids is 1. The van der Waals surface area contributed by atoms with Gasteiger partial charge in [0.2, 0.25) is 0 Å². The molecule has 2 heterocycles. The van der Waals surface area contributed by atoms with E-state index in [0.717, 1.165) is 24.2 Å². The average molecular weight is 332 g/mol. The second-order valence-electron chi connectivity index (χ2n) is 6.29. The summed E-state index contributed by atoms with van der Waals surface area (Å²) in [5.41, 5.74) is 2.26. The summed E-state index contributed by atoms with van der Waals surface area (Å²) < 4.78 is 5.05. The molecule has 0 unspecified atom stereocenters. The lowest BCUT2D eigenvalue weighted by Crippen LogP contribution is -2.32. The van der Waals surface area contributed by atoms with Crippen LogP contribution in [0.15, 0.2) is 16.9 Å². The van der Waals surface area contributed by atoms with Gasteiger partial charge in [0.05, 0.1) is 18.6 Å². The monoisotopic (exact) mass is 332 g/mol. The normalized spacial score (nSPS) is 11.0. The number of aromatic nitrogens is 3. The molecule has 0 aliphatic carbocycles. The Bertz CT molecular complexity index is 633. The van der Waals surface area contributed by atoms with E-state index in [1.807, 2.05) is 11.8 Å². The maximum atomic E-state index is 12.7. The quantitative estimate of drug-likeness (QED) is 0.667. The molecule has 0 aliphatic rings. The van der Waals surface area contributed by atoms with Gasteiger partial charge in [-0.15, -0.1) is 0 Å². The molecule has 0 spiro atoms. The number of aromatic amines is 1. The number of nitrogens with one attached hydrogen (secondary N) is 1. The molecule has 6 heteroatoms. The molecule has 0 aliphatic heterocycles. The second kappa shape index (κ2) is 9.25. The minimum Gasteiger partial charge on any atom is -0.361 e. The van der Waals surface area contributed by atoms with Crippen molar-refractivity contribution in [1.82, 2.24) is 20.0 Å². The highest BCUT2D eigenvalue weighted by Crippen LogP contribution is 2.13. The van der Waals surface area contributed by atoms with Gasteiger partial charge in [-0.2, -0.15) is 0 Å². The van der Waals surface area contributed by atoms with Gasteiger partial charge in [0.15, 0.2) is 5.69 Å². The maximum Gasteiger partial charge on any atom is 0.276 e. The van der Waals surface area contributed by atoms with Gasteiger partial charge in [-0.1, -0.05) is 44.2 Å². The molecule has 132 valence electrons. The van der Waals surface area contributed by atoms with Crippen LogP contribution < -0.4 is 0 Å². The zero-order chi connectivity index (χ0) is 17.4. The molecule has 1 amide bonds. The smallest absolute Gasteiger partial charge is 0.276 e. The van der Waals surface area contributed by atoms with Gasteiger partial charge in [0, 0.05) is 18.3 Å². The molecular weight excluding hydrogens is 304 g/mol. The molecule has 2 aromatic rings. The molecular formula is C18H28N4O2. The lowest BCUT2D eigenvalue weighted by molar-refractivity contribution is 0.0727. The number of imidazole rings is 1. The van der Waals surface area contributed by atoms with Gasteiger partial charge in [-0.25, -0.2) is 4.98 Å². The number of rotatable bonds is 10. The Morgan fingerprint density at radius 2 is 1.96 bits per heavy atom. The first-order valence-electron chi connectivity index (χ1n) is 8.83. The molecule has 0 fully saturated rings. The van der Waals surface area contributed by atoms with Crippen LogP contribution in [0.2, 0.25) is 0 Å². The molecule has 0 saturated carbocycles. The van der Waals surface area contributed by atoms with E-state index in [4.69, 9.17) is 4.52 Å². The van der Waals surface area contributed by atoms with Crippen LogP contribution in [0.3, 0.4) is 0 Å². The summed E-state index contributed by atoms with van der Waals surface area (Å²) in [5.74, 6) is 0.552. The molecule has 2 rings (SSSR count). The van der Waals surface area contributed by atoms with Crippen molar-refractivity contribution < 1.29 is 9.32 Å². The summed E-state index contributed by atoms with van der Waals surface area (Å²) in [6.45, 7) is 7.18. The van der Waals surface area contributed by atoms with E-state index < -0.39 is 0 Å². The number of carbonyl (C=O) groups is 1. The van der Waals surface area contributed by atoms with Crippen molar-refractivity contribution in [3.63, 3.8) is 0 Å². The molecule has 0 aromatic carbocycles. The van der Waals surface area contributed by atoms with Crippen LogP contribution >= 0.6 is 0 Å². The fraction of sp³-hybridized carbons (Fsp3) is 0.611. The van der Waals surface area contributed by atoms with Crippen LogP contribution in [0, 0.1) is 13.8 Å². The Kier molecular flexibility index (Phi) is 7.03. The SMILES string of the molecule is CCCCCCCCN(Cc1nc[nH]c1C)C(=O)c1cc(C)on1. The van der Waals surface area contributed by atoms with E-state index in [9.17, 15) is 4.79 Å². The maximum absolute atomic E-state index is 12.7. The number of unbranched alkanes of at least 4 members (excludes halogenated alkanes) is 5. The predicted octanol–water partition coefficient (Wildman–Crippen LogP) is 4.02. The molecule has 0 radical (unpaired) electrons. The van der Waals surface area contributed by atoms with Gasteiger partial charge in [-0.05, 0) is 20.3 Å². The summed E-state index contributed by atoms with van der Waals surface area (Å²) in [6, 6.07) is 1.69. The summed E-state index contributed by atoms with van der Waals surface area (Å²) in [5, 5.41) is 3.86. The lowest BCUT2D eigenvalue weighted by atomic mass is 10.1. The van der Waals surface area contributed by atoms with Gasteiger partial charge in [0.25, 0.3) is 5.91 Å². The zero-order valence-electron chi connectivity index (χ0n) is 15.0. The van der Waals surface area contributed by atoms with Crippen molar-refractivity contribution >= 4 is 5.91 Å². The Labute approximate surface area is 143 Å². The Morgan fingerprint density at radius 3 is 2.58 bits per heavy atom. The standard InChI is InChI=1S/C18H28N4O2/c1-4-5-6-7-8-9-10-22(12-17-15(3)19-13-20-17)18(23)16-11-14(2)24-21-16/h11,13H,4-10,12H2,1-3H3,(H,19,20). The molecule has 0 saturated heterocycles. The third-order valence-electron chi connectivity index (χ3n) is 4.19. The first kappa shape index (κ1) is 18.2. The first-order valence-corrected chi connectivity index (χ1v) is 8.83. The van der Waals surface area contributed by atoms with E-state index in [2.05, 4.69) is 22.0 Å². The number of hydrogen-bond acceptors (Lipinski definition) is 4. The fourth-order valence-corrected chi connectivity index (χ4v) is 2.69. The predicted molar refractivity (Wildman–Crippen MR) is 92.7 cm³/mol. The minimum absolute atomic E-state index is 0.0946. The van der Waals surface area contributed by atoms with Crippen molar-refractivity contribution in [2.45, 2.75) is 65.8 Å². The van der Waals surface area contributed by atoms with Crippen molar-refractivity contribution in [1.29, 1.82) is 0 Å². The van der Waals surface area contributed by atoms with E-state index in [1.54, 1.807) is 19.3 Å². The van der Waals surface area contributed by atoms with Gasteiger partial charge in [-0.3, -0.25) is 4.79 Å². The zero-order valence-corrected chi connectivity index (χ0v) is 15.0. The van der Waals surface area contributed by atoms with Gasteiger partial charge < -0.3 is 14.4 Å². The van der Waals surface area contributed by atoms with E-state index in [-0.39, 0.29) is 5.91 Å². The van der Waals surface area contributed by atoms with E-state index in [1.165, 1.54) is 25.7 Å². The molecule has 0 atom stereocenters. The van der Waals surface area contributed by atoms with Crippen molar-refractivity contribution in [3.05, 3.63) is 35.2 Å². The van der Waals surface area contributed by atoms with Crippen molar-refractivity contribution in [3.8, 4) is 0 Å². The summed E-state index contributed by atoms with van der Waals surface area (Å²) in [4.78, 5) is 21.9. The van der Waals surface area contributed by atoms with Crippen LogP contribution in [0.5, 0.6) is 0 Å². The molecule has 2 aromatic heterocycles. The summed E-state index contributed by atoms with van der Waals surface area (Å²) >= 11 is 0. The number of H-pyrrole nitrogens is 1. The number of hydrogen-bond donors (Lipinski definition) is 1. The molecule has 0 bridgehead atoms. The summed E-state index contributed by atoms with van der Waals surface area (Å²) in [6.07, 6.45) is 8.82. The Balaban J connectivity index is 1.96. The largest absolute Gasteiger partial charge is 0.361 e. The highest BCUT2D eigenvalue weighted by Gasteiger charge is 2.20. The topological polar surface area (TPSA) is 75.0 Å². The highest BCUT2D eigenvalue weighted by atomic mass is 16.5. The van der Waals surface area contributed by atoms with Gasteiger partial charge in [0.1, 0.15) is 5.76 Å². The fourth-order valence-electron chi connectivity index (χ4n) is 2.69. The number of nitrogens with zero attached hydrogens (tertiary/aromatic N) is 3. The third-order valence-corrected chi connectivity index (χ3v) is 4.19. The first-order chi connectivity index (χ1) is 11.6. The van der Waals surface area contributed by atoms with Crippen molar-refractivity contribution in [2.24, 2.45) is 0 Å². The van der Waals surface area contributed by atoms with Crippen LogP contribution in [-0.4, -0.2) is 32.5 Å². The second-order valence-corrected chi connectivity index (χ2v) is 6.29. The third kappa shape index (κ3) is 5.22. The average Bonchev–Trinajstić information content (AvgIpc) is 3.17. The minimum atomic E-state index is -0.0946. The Hall–Kier alpha value is -2.11. The van der Waals surface area contributed by atoms with Crippen LogP contribution in [0.4, 0.5) is 0 Å². The number of aryl methyl sites for hydroxylation is 2. The molecule has 24 heavy (non-hydrogen) atoms. The van der Waals surface area contributed by atoms with Crippen molar-refractivity contribution in [2.75, 3.05) is 6.54 Å². The van der Waals surface area contributed by atoms with Gasteiger partial charge >= 0.3 is 0 Å². The molecule has 1 N–H and O–H groups in total. The van der Waals surface area contributed by atoms with Crippen LogP contribution in [-0.2, 0) is 6.54 Å². The summed E-state index contributed by atoms with van der Waals surface area (Å²) in [7, 11) is 0. The van der Waals surface area contributed by atoms with E-state index >= 15 is 0 Å². The van der Waals surface area contributed by atoms with Crippen LogP contribution in [0.25, 0.3) is 0 Å². The Morgan fingerprint density at radius 1 is 1.21 bits per heavy atom. The highest BCUT2D eigenvalue weighted by molar-refractivity contribution is 5.92. The molecule has 6 nitrogen and oxygen atoms in total. The van der Waals surface area contributed by atoms with Crippen LogP contribution in [0.1, 0.15) is 73.1 Å². The number of amides is 1. The lowest BCUT2D eigenvalue weighted by Gasteiger charge is -2.21.